The average Bonchev–Trinajstić information content (AvgIpc) is 3.20. The van der Waals surface area contributed by atoms with Gasteiger partial charge in [-0.25, -0.2) is 14.9 Å². The molecular weight excluding hydrogens is 526 g/mol. The van der Waals surface area contributed by atoms with E-state index in [0.29, 0.717) is 34.5 Å². The van der Waals surface area contributed by atoms with E-state index in [1.54, 1.807) is 17.2 Å². The molecule has 0 radical (unpaired) electrons. The zero-order chi connectivity index (χ0) is 23.9. The maximum Gasteiger partial charge on any atom is 0.259 e. The average molecular weight is 544 g/mol. The van der Waals surface area contributed by atoms with Gasteiger partial charge in [-0.1, -0.05) is 54.2 Å². The van der Waals surface area contributed by atoms with Crippen LogP contribution in [0.25, 0.3) is 5.65 Å². The molecule has 9 heteroatoms. The Balaban J connectivity index is 1.32. The van der Waals surface area contributed by atoms with Crippen LogP contribution >= 0.6 is 27.7 Å². The van der Waals surface area contributed by atoms with Gasteiger partial charge in [0.05, 0.1) is 11.4 Å². The van der Waals surface area contributed by atoms with Crippen molar-refractivity contribution in [3.8, 4) is 0 Å². The molecule has 0 N–H and O–H groups in total. The number of halogens is 1. The first kappa shape index (κ1) is 21.9. The molecule has 172 valence electrons. The number of thioether (sulfide) groups is 1. The van der Waals surface area contributed by atoms with Gasteiger partial charge in [-0.3, -0.25) is 19.0 Å². The van der Waals surface area contributed by atoms with Gasteiger partial charge in [0.1, 0.15) is 17.5 Å². The van der Waals surface area contributed by atoms with Gasteiger partial charge in [0.15, 0.2) is 5.17 Å². The lowest BCUT2D eigenvalue weighted by atomic mass is 10.1. The first-order chi connectivity index (χ1) is 17.1. The number of para-hydroxylation sites is 1. The number of carbonyl (C=O) groups is 1. The Bertz CT molecular complexity index is 1600. The Kier molecular flexibility index (Phi) is 5.58. The van der Waals surface area contributed by atoms with Crippen molar-refractivity contribution in [1.29, 1.82) is 0 Å². The quantitative estimate of drug-likeness (QED) is 0.377. The summed E-state index contributed by atoms with van der Waals surface area (Å²) in [6, 6.07) is 22.2. The van der Waals surface area contributed by atoms with Crippen molar-refractivity contribution in [2.24, 2.45) is 9.98 Å². The van der Waals surface area contributed by atoms with E-state index in [-0.39, 0.29) is 11.5 Å². The summed E-state index contributed by atoms with van der Waals surface area (Å²) in [6.45, 7) is 0. The lowest BCUT2D eigenvalue weighted by Gasteiger charge is -2.25. The maximum atomic E-state index is 13.5. The van der Waals surface area contributed by atoms with Gasteiger partial charge in [-0.15, -0.1) is 0 Å². The molecule has 1 atom stereocenters. The molecule has 4 heterocycles. The van der Waals surface area contributed by atoms with Gasteiger partial charge >= 0.3 is 0 Å². The molecule has 0 bridgehead atoms. The van der Waals surface area contributed by atoms with Gasteiger partial charge in [0.2, 0.25) is 0 Å². The molecule has 6 rings (SSSR count). The Morgan fingerprint density at radius 3 is 2.63 bits per heavy atom. The number of hydrogen-bond donors (Lipinski definition) is 0. The highest BCUT2D eigenvalue weighted by molar-refractivity contribution is 9.10. The zero-order valence-electron chi connectivity index (χ0n) is 18.3. The number of fused-ring (bicyclic) bond motifs is 4. The summed E-state index contributed by atoms with van der Waals surface area (Å²) in [6.07, 6.45) is 2.22. The monoisotopic (exact) mass is 543 g/mol. The highest BCUT2D eigenvalue weighted by atomic mass is 79.9. The number of carbonyl (C=O) groups excluding carboxylic acids is 1. The normalized spacial score (nSPS) is 16.7. The molecule has 2 aromatic carbocycles. The van der Waals surface area contributed by atoms with Crippen molar-refractivity contribution >= 4 is 55.9 Å². The molecule has 2 aromatic heterocycles. The predicted molar refractivity (Wildman–Crippen MR) is 141 cm³/mol. The highest BCUT2D eigenvalue weighted by Gasteiger charge is 2.41. The first-order valence-electron chi connectivity index (χ1n) is 11.0. The number of amidine groups is 2. The Hall–Kier alpha value is -3.56. The van der Waals surface area contributed by atoms with Crippen molar-refractivity contribution in [2.45, 2.75) is 18.2 Å². The van der Waals surface area contributed by atoms with E-state index in [4.69, 9.17) is 9.98 Å². The zero-order valence-corrected chi connectivity index (χ0v) is 20.7. The van der Waals surface area contributed by atoms with Crippen molar-refractivity contribution in [2.75, 3.05) is 0 Å². The summed E-state index contributed by atoms with van der Waals surface area (Å²) < 4.78 is 2.30. The van der Waals surface area contributed by atoms with Crippen molar-refractivity contribution in [1.82, 2.24) is 14.3 Å². The van der Waals surface area contributed by atoms with Crippen LogP contribution in [0.15, 0.2) is 98.2 Å². The minimum atomic E-state index is -0.508. The van der Waals surface area contributed by atoms with E-state index >= 15 is 0 Å². The van der Waals surface area contributed by atoms with Crippen LogP contribution in [0.4, 0.5) is 5.69 Å². The summed E-state index contributed by atoms with van der Waals surface area (Å²) in [5.41, 5.74) is 3.69. The van der Waals surface area contributed by atoms with E-state index < -0.39 is 6.04 Å². The fourth-order valence-corrected chi connectivity index (χ4v) is 5.44. The van der Waals surface area contributed by atoms with Crippen molar-refractivity contribution in [3.63, 3.8) is 0 Å². The molecule has 0 unspecified atom stereocenters. The molecule has 0 fully saturated rings. The standard InChI is InChI=1S/C26H18BrN5O2S/c27-17-10-11-22-28-18(13-23(33)31(22)14-17)15-35-26-30-20-9-5-4-8-19(20)24-29-21(25(34)32(24)26)12-16-6-2-1-3-7-16/h1-11,13-14,21H,12,15H2/t21-/m0/s1. The van der Waals surface area contributed by atoms with Gasteiger partial charge in [-0.05, 0) is 45.8 Å². The van der Waals surface area contributed by atoms with Crippen LogP contribution in [0.2, 0.25) is 0 Å². The van der Waals surface area contributed by atoms with Gasteiger partial charge in [-0.2, -0.15) is 0 Å². The largest absolute Gasteiger partial charge is 0.271 e. The fourth-order valence-electron chi connectivity index (χ4n) is 4.21. The molecular formula is C26H18BrN5O2S. The summed E-state index contributed by atoms with van der Waals surface area (Å²) in [5, 5.41) is 0.542. The molecule has 0 saturated heterocycles. The van der Waals surface area contributed by atoms with Crippen LogP contribution in [0.5, 0.6) is 0 Å². The second-order valence-electron chi connectivity index (χ2n) is 8.19. The van der Waals surface area contributed by atoms with Crippen molar-refractivity contribution in [3.05, 3.63) is 111 Å². The van der Waals surface area contributed by atoms with Crippen LogP contribution in [0.1, 0.15) is 16.8 Å². The number of amides is 1. The topological polar surface area (TPSA) is 79.4 Å². The van der Waals surface area contributed by atoms with Crippen LogP contribution in [-0.4, -0.2) is 37.2 Å². The molecule has 0 spiro atoms. The summed E-state index contributed by atoms with van der Waals surface area (Å²) in [7, 11) is 0. The number of aliphatic imine (C=N–C) groups is 2. The number of aromatic nitrogens is 2. The molecule has 0 aliphatic carbocycles. The van der Waals surface area contributed by atoms with Gasteiger partial charge in [0.25, 0.3) is 11.5 Å². The summed E-state index contributed by atoms with van der Waals surface area (Å²) in [4.78, 5) is 41.9. The van der Waals surface area contributed by atoms with Crippen LogP contribution < -0.4 is 5.56 Å². The number of pyridine rings is 1. The van der Waals surface area contributed by atoms with Crippen LogP contribution in [0.3, 0.4) is 0 Å². The lowest BCUT2D eigenvalue weighted by molar-refractivity contribution is -0.124. The molecule has 2 aliphatic rings. The molecule has 35 heavy (non-hydrogen) atoms. The highest BCUT2D eigenvalue weighted by Crippen LogP contribution is 2.34. The number of nitrogens with zero attached hydrogens (tertiary/aromatic N) is 5. The molecule has 1 amide bonds. The molecule has 2 aliphatic heterocycles. The third-order valence-electron chi connectivity index (χ3n) is 5.85. The fraction of sp³-hybridized carbons (Fsp3) is 0.115. The van der Waals surface area contributed by atoms with E-state index in [9.17, 15) is 9.59 Å². The predicted octanol–water partition coefficient (Wildman–Crippen LogP) is 4.59. The number of rotatable bonds is 4. The number of hydrogen-bond acceptors (Lipinski definition) is 6. The number of benzene rings is 2. The lowest BCUT2D eigenvalue weighted by Crippen LogP contribution is -2.41. The van der Waals surface area contributed by atoms with Crippen LogP contribution in [-0.2, 0) is 17.0 Å². The maximum absolute atomic E-state index is 13.5. The van der Waals surface area contributed by atoms with Crippen LogP contribution in [0, 0.1) is 0 Å². The Morgan fingerprint density at radius 2 is 1.77 bits per heavy atom. The minimum absolute atomic E-state index is 0.0963. The second-order valence-corrected chi connectivity index (χ2v) is 10.1. The first-order valence-corrected chi connectivity index (χ1v) is 12.8. The minimum Gasteiger partial charge on any atom is -0.271 e. The Labute approximate surface area is 213 Å². The van der Waals surface area contributed by atoms with E-state index in [0.717, 1.165) is 21.3 Å². The molecule has 7 nitrogen and oxygen atoms in total. The third-order valence-corrected chi connectivity index (χ3v) is 7.29. The summed E-state index contributed by atoms with van der Waals surface area (Å²) >= 11 is 4.76. The second kappa shape index (κ2) is 8.90. The van der Waals surface area contributed by atoms with Crippen molar-refractivity contribution < 1.29 is 4.79 Å². The summed E-state index contributed by atoms with van der Waals surface area (Å²) in [5.74, 6) is 0.921. The van der Waals surface area contributed by atoms with E-state index in [1.807, 2.05) is 60.7 Å². The van der Waals surface area contributed by atoms with Gasteiger partial charge < -0.3 is 0 Å². The molecule has 0 saturated carbocycles. The van der Waals surface area contributed by atoms with E-state index in [1.165, 1.54) is 22.2 Å². The Morgan fingerprint density at radius 1 is 0.971 bits per heavy atom. The molecule has 4 aromatic rings. The van der Waals surface area contributed by atoms with Gasteiger partial charge in [0, 0.05) is 34.5 Å². The van der Waals surface area contributed by atoms with E-state index in [2.05, 4.69) is 20.9 Å². The SMILES string of the molecule is O=C1[C@H](Cc2ccccc2)N=C2c3ccccc3N=C(SCc3cc(=O)n4cc(Br)ccc4n3)N12. The third kappa shape index (κ3) is 4.11. The smallest absolute Gasteiger partial charge is 0.259 e.